The summed E-state index contributed by atoms with van der Waals surface area (Å²) >= 11 is 0. The monoisotopic (exact) mass is 408 g/mol. The first kappa shape index (κ1) is 22.0. The van der Waals surface area contributed by atoms with Gasteiger partial charge >= 0.3 is 0 Å². The second-order valence-corrected chi connectivity index (χ2v) is 7.95. The van der Waals surface area contributed by atoms with Crippen LogP contribution in [0.3, 0.4) is 0 Å². The summed E-state index contributed by atoms with van der Waals surface area (Å²) in [5, 5.41) is 5.98. The number of benzene rings is 2. The highest BCUT2D eigenvalue weighted by Crippen LogP contribution is 2.18. The average molecular weight is 409 g/mol. The van der Waals surface area contributed by atoms with Crippen LogP contribution in [0, 0.1) is 13.8 Å². The molecule has 6 nitrogen and oxygen atoms in total. The smallest absolute Gasteiger partial charge is 0.238 e. The van der Waals surface area contributed by atoms with Gasteiger partial charge in [0, 0.05) is 37.6 Å². The van der Waals surface area contributed by atoms with Crippen molar-refractivity contribution in [2.75, 3.05) is 49.9 Å². The summed E-state index contributed by atoms with van der Waals surface area (Å²) in [6, 6.07) is 13.9. The van der Waals surface area contributed by atoms with Crippen molar-refractivity contribution >= 4 is 23.2 Å². The fourth-order valence-electron chi connectivity index (χ4n) is 3.61. The third kappa shape index (κ3) is 6.15. The van der Waals surface area contributed by atoms with Crippen LogP contribution in [0.5, 0.6) is 0 Å². The van der Waals surface area contributed by atoms with Gasteiger partial charge in [-0.1, -0.05) is 31.2 Å². The highest BCUT2D eigenvalue weighted by atomic mass is 16.2. The third-order valence-electron chi connectivity index (χ3n) is 5.72. The highest BCUT2D eigenvalue weighted by molar-refractivity contribution is 5.93. The summed E-state index contributed by atoms with van der Waals surface area (Å²) in [5.74, 6) is 0.00535. The first-order chi connectivity index (χ1) is 14.4. The van der Waals surface area contributed by atoms with E-state index in [1.807, 2.05) is 56.3 Å². The quantitative estimate of drug-likeness (QED) is 0.739. The molecule has 0 aromatic heterocycles. The van der Waals surface area contributed by atoms with Crippen LogP contribution < -0.4 is 10.6 Å². The summed E-state index contributed by atoms with van der Waals surface area (Å²) in [6.07, 6.45) is 0.987. The van der Waals surface area contributed by atoms with Crippen LogP contribution in [0.15, 0.2) is 42.5 Å². The van der Waals surface area contributed by atoms with Crippen LogP contribution >= 0.6 is 0 Å². The number of nitrogens with zero attached hydrogens (tertiary/aromatic N) is 2. The Labute approximate surface area is 179 Å². The molecule has 160 valence electrons. The minimum Gasteiger partial charge on any atom is -0.325 e. The molecule has 0 spiro atoms. The zero-order chi connectivity index (χ0) is 21.5. The Morgan fingerprint density at radius 3 is 1.97 bits per heavy atom. The lowest BCUT2D eigenvalue weighted by molar-refractivity contribution is -0.120. The van der Waals surface area contributed by atoms with Crippen molar-refractivity contribution in [3.05, 3.63) is 59.2 Å². The van der Waals surface area contributed by atoms with Gasteiger partial charge in [-0.15, -0.1) is 0 Å². The van der Waals surface area contributed by atoms with E-state index in [-0.39, 0.29) is 11.8 Å². The summed E-state index contributed by atoms with van der Waals surface area (Å²) in [5.41, 5.74) is 5.24. The molecule has 0 atom stereocenters. The van der Waals surface area contributed by atoms with Crippen molar-refractivity contribution in [1.29, 1.82) is 0 Å². The van der Waals surface area contributed by atoms with Crippen LogP contribution in [0.1, 0.15) is 23.6 Å². The molecule has 0 aliphatic carbocycles. The molecule has 1 heterocycles. The molecule has 1 fully saturated rings. The van der Waals surface area contributed by atoms with E-state index in [1.165, 1.54) is 11.1 Å². The Morgan fingerprint density at radius 2 is 1.40 bits per heavy atom. The SMILES string of the molecule is CCc1ccc(NC(=O)CN2CCN(CC(=O)Nc3cccc(C)c3C)CC2)cc1. The largest absolute Gasteiger partial charge is 0.325 e. The zero-order valence-corrected chi connectivity index (χ0v) is 18.2. The fraction of sp³-hybridized carbons (Fsp3) is 0.417. The average Bonchev–Trinajstić information content (AvgIpc) is 2.73. The van der Waals surface area contributed by atoms with E-state index < -0.39 is 0 Å². The highest BCUT2D eigenvalue weighted by Gasteiger charge is 2.21. The number of carbonyl (C=O) groups excluding carboxylic acids is 2. The fourth-order valence-corrected chi connectivity index (χ4v) is 3.61. The number of aryl methyl sites for hydroxylation is 2. The topological polar surface area (TPSA) is 64.7 Å². The minimum absolute atomic E-state index is 0.000337. The van der Waals surface area contributed by atoms with Gasteiger partial charge in [0.25, 0.3) is 0 Å². The predicted molar refractivity (Wildman–Crippen MR) is 122 cm³/mol. The van der Waals surface area contributed by atoms with Crippen LogP contribution in [0.25, 0.3) is 0 Å². The zero-order valence-electron chi connectivity index (χ0n) is 18.2. The standard InChI is InChI=1S/C24H32N4O2/c1-4-20-8-10-21(11-9-20)25-23(29)16-27-12-14-28(15-13-27)17-24(30)26-22-7-5-6-18(2)19(22)3/h5-11H,4,12-17H2,1-3H3,(H,25,29)(H,26,30). The number of anilines is 2. The molecule has 0 radical (unpaired) electrons. The normalized spacial score (nSPS) is 15.0. The second-order valence-electron chi connectivity index (χ2n) is 7.95. The van der Waals surface area contributed by atoms with Crippen molar-refractivity contribution in [2.24, 2.45) is 0 Å². The lowest BCUT2D eigenvalue weighted by Crippen LogP contribution is -2.50. The molecule has 0 unspecified atom stereocenters. The molecular formula is C24H32N4O2. The molecule has 2 N–H and O–H groups in total. The summed E-state index contributed by atoms with van der Waals surface area (Å²) < 4.78 is 0. The number of nitrogens with one attached hydrogen (secondary N) is 2. The maximum absolute atomic E-state index is 12.4. The van der Waals surface area contributed by atoms with E-state index in [2.05, 4.69) is 27.4 Å². The minimum atomic E-state index is 0.000337. The molecule has 1 aliphatic heterocycles. The molecule has 6 heteroatoms. The van der Waals surface area contributed by atoms with Crippen LogP contribution in [-0.2, 0) is 16.0 Å². The van der Waals surface area contributed by atoms with Gasteiger partial charge in [0.1, 0.15) is 0 Å². The van der Waals surface area contributed by atoms with E-state index in [0.717, 1.165) is 49.5 Å². The van der Waals surface area contributed by atoms with Gasteiger partial charge in [-0.3, -0.25) is 19.4 Å². The van der Waals surface area contributed by atoms with Crippen LogP contribution in [0.4, 0.5) is 11.4 Å². The third-order valence-corrected chi connectivity index (χ3v) is 5.72. The lowest BCUT2D eigenvalue weighted by Gasteiger charge is -2.33. The number of hydrogen-bond donors (Lipinski definition) is 2. The van der Waals surface area contributed by atoms with Crippen molar-refractivity contribution in [1.82, 2.24) is 9.80 Å². The first-order valence-electron chi connectivity index (χ1n) is 10.6. The summed E-state index contributed by atoms with van der Waals surface area (Å²) in [6.45, 7) is 10.0. The van der Waals surface area contributed by atoms with Gasteiger partial charge < -0.3 is 10.6 Å². The Morgan fingerprint density at radius 1 is 0.833 bits per heavy atom. The molecular weight excluding hydrogens is 376 g/mol. The maximum Gasteiger partial charge on any atom is 0.238 e. The molecule has 2 aromatic carbocycles. The predicted octanol–water partition coefficient (Wildman–Crippen LogP) is 3.06. The Bertz CT molecular complexity index is 871. The van der Waals surface area contributed by atoms with E-state index in [4.69, 9.17) is 0 Å². The van der Waals surface area contributed by atoms with Gasteiger partial charge in [-0.2, -0.15) is 0 Å². The van der Waals surface area contributed by atoms with Crippen molar-refractivity contribution < 1.29 is 9.59 Å². The van der Waals surface area contributed by atoms with Gasteiger partial charge in [-0.25, -0.2) is 0 Å². The summed E-state index contributed by atoms with van der Waals surface area (Å²) in [4.78, 5) is 29.0. The Balaban J connectivity index is 1.40. The first-order valence-corrected chi connectivity index (χ1v) is 10.6. The van der Waals surface area contributed by atoms with Gasteiger partial charge in [0.15, 0.2) is 0 Å². The van der Waals surface area contributed by atoms with E-state index in [0.29, 0.717) is 13.1 Å². The maximum atomic E-state index is 12.4. The van der Waals surface area contributed by atoms with Crippen LogP contribution in [0.2, 0.25) is 0 Å². The number of amides is 2. The second kappa shape index (κ2) is 10.4. The summed E-state index contributed by atoms with van der Waals surface area (Å²) in [7, 11) is 0. The van der Waals surface area contributed by atoms with Gasteiger partial charge in [0.2, 0.25) is 11.8 Å². The van der Waals surface area contributed by atoms with E-state index in [9.17, 15) is 9.59 Å². The molecule has 0 bridgehead atoms. The Hall–Kier alpha value is -2.70. The molecule has 0 saturated carbocycles. The molecule has 1 aliphatic rings. The number of carbonyl (C=O) groups is 2. The van der Waals surface area contributed by atoms with E-state index >= 15 is 0 Å². The number of piperazine rings is 1. The van der Waals surface area contributed by atoms with Crippen molar-refractivity contribution in [3.63, 3.8) is 0 Å². The number of rotatable bonds is 7. The van der Waals surface area contributed by atoms with Crippen molar-refractivity contribution in [2.45, 2.75) is 27.2 Å². The van der Waals surface area contributed by atoms with E-state index in [1.54, 1.807) is 0 Å². The van der Waals surface area contributed by atoms with Gasteiger partial charge in [-0.05, 0) is 55.2 Å². The molecule has 3 rings (SSSR count). The van der Waals surface area contributed by atoms with Crippen LogP contribution in [-0.4, -0.2) is 60.9 Å². The molecule has 1 saturated heterocycles. The molecule has 2 amide bonds. The Kier molecular flexibility index (Phi) is 7.60. The van der Waals surface area contributed by atoms with Gasteiger partial charge in [0.05, 0.1) is 13.1 Å². The molecule has 30 heavy (non-hydrogen) atoms. The van der Waals surface area contributed by atoms with Crippen molar-refractivity contribution in [3.8, 4) is 0 Å². The lowest BCUT2D eigenvalue weighted by atomic mass is 10.1. The molecule has 2 aromatic rings. The number of hydrogen-bond acceptors (Lipinski definition) is 4.